The van der Waals surface area contributed by atoms with Gasteiger partial charge in [0.15, 0.2) is 0 Å². The van der Waals surface area contributed by atoms with E-state index in [1.54, 1.807) is 43.3 Å². The van der Waals surface area contributed by atoms with E-state index in [0.717, 1.165) is 5.76 Å². The summed E-state index contributed by atoms with van der Waals surface area (Å²) < 4.78 is 5.22. The van der Waals surface area contributed by atoms with Gasteiger partial charge in [-0.2, -0.15) is 5.10 Å². The Balaban J connectivity index is 1.86. The topological polar surface area (TPSA) is 83.7 Å². The number of hydrazone groups is 1. The SMILES string of the molecule is Cc1ccc(C=NNC(=O)C(=O)Nc2ccc(Cl)cc2)o1. The standard InChI is InChI=1S/C14H12ClN3O3/c1-9-2-7-12(21-9)8-16-18-14(20)13(19)17-11-5-3-10(15)4-6-11/h2-8H,1H3,(H,17,19)(H,18,20). The summed E-state index contributed by atoms with van der Waals surface area (Å²) in [5.41, 5.74) is 2.57. The number of hydrogen-bond donors (Lipinski definition) is 2. The van der Waals surface area contributed by atoms with Crippen LogP contribution in [0.15, 0.2) is 45.9 Å². The molecule has 2 aromatic rings. The first-order valence-electron chi connectivity index (χ1n) is 6.01. The minimum absolute atomic E-state index is 0.463. The van der Waals surface area contributed by atoms with Gasteiger partial charge in [0.2, 0.25) is 0 Å². The molecule has 0 radical (unpaired) electrons. The molecule has 0 spiro atoms. The average Bonchev–Trinajstić information content (AvgIpc) is 2.87. The highest BCUT2D eigenvalue weighted by Gasteiger charge is 2.12. The van der Waals surface area contributed by atoms with Gasteiger partial charge in [-0.1, -0.05) is 11.6 Å². The van der Waals surface area contributed by atoms with Crippen LogP contribution in [0.3, 0.4) is 0 Å². The molecular formula is C14H12ClN3O3. The number of benzene rings is 1. The lowest BCUT2D eigenvalue weighted by molar-refractivity contribution is -0.136. The number of amides is 2. The molecule has 1 aromatic heterocycles. The van der Waals surface area contributed by atoms with E-state index in [0.29, 0.717) is 16.5 Å². The highest BCUT2D eigenvalue weighted by Crippen LogP contribution is 2.13. The molecule has 2 rings (SSSR count). The van der Waals surface area contributed by atoms with Crippen molar-refractivity contribution in [2.24, 2.45) is 5.10 Å². The van der Waals surface area contributed by atoms with Gasteiger partial charge in [0, 0.05) is 10.7 Å². The van der Waals surface area contributed by atoms with Crippen LogP contribution in [-0.4, -0.2) is 18.0 Å². The van der Waals surface area contributed by atoms with Crippen LogP contribution in [0, 0.1) is 6.92 Å². The summed E-state index contributed by atoms with van der Waals surface area (Å²) in [5, 5.41) is 6.58. The van der Waals surface area contributed by atoms with E-state index < -0.39 is 11.8 Å². The maximum absolute atomic E-state index is 11.6. The summed E-state index contributed by atoms with van der Waals surface area (Å²) in [6.07, 6.45) is 1.31. The fourth-order valence-electron chi connectivity index (χ4n) is 1.45. The van der Waals surface area contributed by atoms with Crippen molar-refractivity contribution in [3.05, 3.63) is 52.9 Å². The molecule has 2 N–H and O–H groups in total. The molecule has 0 aliphatic carbocycles. The number of anilines is 1. The second kappa shape index (κ2) is 6.71. The van der Waals surface area contributed by atoms with Gasteiger partial charge in [0.25, 0.3) is 0 Å². The molecule has 0 saturated heterocycles. The van der Waals surface area contributed by atoms with Gasteiger partial charge in [-0.05, 0) is 43.3 Å². The van der Waals surface area contributed by atoms with E-state index in [4.69, 9.17) is 16.0 Å². The first-order chi connectivity index (χ1) is 10.0. The molecule has 0 fully saturated rings. The lowest BCUT2D eigenvalue weighted by Gasteiger charge is -2.03. The largest absolute Gasteiger partial charge is 0.460 e. The van der Waals surface area contributed by atoms with Gasteiger partial charge in [-0.25, -0.2) is 5.43 Å². The number of halogens is 1. The van der Waals surface area contributed by atoms with Crippen molar-refractivity contribution in [2.75, 3.05) is 5.32 Å². The van der Waals surface area contributed by atoms with Gasteiger partial charge in [-0.15, -0.1) is 0 Å². The third-order valence-corrected chi connectivity index (χ3v) is 2.68. The van der Waals surface area contributed by atoms with Crippen LogP contribution in [0.4, 0.5) is 5.69 Å². The van der Waals surface area contributed by atoms with Gasteiger partial charge in [0.05, 0.1) is 6.21 Å². The minimum atomic E-state index is -0.885. The lowest BCUT2D eigenvalue weighted by Crippen LogP contribution is -2.32. The molecule has 1 heterocycles. The Morgan fingerprint density at radius 3 is 2.48 bits per heavy atom. The Bertz CT molecular complexity index is 677. The summed E-state index contributed by atoms with van der Waals surface area (Å²) in [7, 11) is 0. The van der Waals surface area contributed by atoms with E-state index in [-0.39, 0.29) is 0 Å². The number of hydrogen-bond acceptors (Lipinski definition) is 4. The van der Waals surface area contributed by atoms with Crippen molar-refractivity contribution < 1.29 is 14.0 Å². The van der Waals surface area contributed by atoms with Crippen LogP contribution in [0.2, 0.25) is 5.02 Å². The van der Waals surface area contributed by atoms with Crippen LogP contribution in [0.25, 0.3) is 0 Å². The fourth-order valence-corrected chi connectivity index (χ4v) is 1.58. The normalized spacial score (nSPS) is 10.6. The van der Waals surface area contributed by atoms with Crippen molar-refractivity contribution in [3.8, 4) is 0 Å². The van der Waals surface area contributed by atoms with Gasteiger partial charge >= 0.3 is 11.8 Å². The Morgan fingerprint density at radius 2 is 1.86 bits per heavy atom. The van der Waals surface area contributed by atoms with Crippen LogP contribution in [0.5, 0.6) is 0 Å². The number of carbonyl (C=O) groups excluding carboxylic acids is 2. The zero-order valence-electron chi connectivity index (χ0n) is 11.1. The molecule has 6 nitrogen and oxygen atoms in total. The Morgan fingerprint density at radius 1 is 1.14 bits per heavy atom. The van der Waals surface area contributed by atoms with Crippen molar-refractivity contribution in [1.82, 2.24) is 5.43 Å². The zero-order chi connectivity index (χ0) is 15.2. The molecule has 0 unspecified atom stereocenters. The predicted molar refractivity (Wildman–Crippen MR) is 79.3 cm³/mol. The molecule has 21 heavy (non-hydrogen) atoms. The molecule has 0 aliphatic heterocycles. The molecule has 0 atom stereocenters. The molecule has 2 amide bonds. The lowest BCUT2D eigenvalue weighted by atomic mass is 10.3. The fraction of sp³-hybridized carbons (Fsp3) is 0.0714. The van der Waals surface area contributed by atoms with E-state index in [9.17, 15) is 9.59 Å². The summed E-state index contributed by atoms with van der Waals surface area (Å²) in [4.78, 5) is 23.1. The van der Waals surface area contributed by atoms with Crippen LogP contribution >= 0.6 is 11.6 Å². The third-order valence-electron chi connectivity index (χ3n) is 2.43. The molecule has 1 aromatic carbocycles. The minimum Gasteiger partial charge on any atom is -0.460 e. The van der Waals surface area contributed by atoms with E-state index in [2.05, 4.69) is 15.8 Å². The van der Waals surface area contributed by atoms with Crippen molar-refractivity contribution >= 4 is 35.3 Å². The maximum Gasteiger partial charge on any atom is 0.329 e. The molecular weight excluding hydrogens is 294 g/mol. The first-order valence-corrected chi connectivity index (χ1v) is 6.39. The van der Waals surface area contributed by atoms with Crippen LogP contribution in [0.1, 0.15) is 11.5 Å². The van der Waals surface area contributed by atoms with Gasteiger partial charge in [0.1, 0.15) is 11.5 Å². The van der Waals surface area contributed by atoms with E-state index in [1.807, 2.05) is 0 Å². The number of aryl methyl sites for hydroxylation is 1. The highest BCUT2D eigenvalue weighted by atomic mass is 35.5. The highest BCUT2D eigenvalue weighted by molar-refractivity contribution is 6.39. The smallest absolute Gasteiger partial charge is 0.329 e. The van der Waals surface area contributed by atoms with E-state index in [1.165, 1.54) is 6.21 Å². The summed E-state index contributed by atoms with van der Waals surface area (Å²) >= 11 is 5.72. The maximum atomic E-state index is 11.6. The number of furan rings is 1. The molecule has 0 bridgehead atoms. The summed E-state index contributed by atoms with van der Waals surface area (Å²) in [6, 6.07) is 9.83. The second-order valence-electron chi connectivity index (χ2n) is 4.11. The number of carbonyl (C=O) groups is 2. The monoisotopic (exact) mass is 305 g/mol. The second-order valence-corrected chi connectivity index (χ2v) is 4.54. The van der Waals surface area contributed by atoms with Crippen LogP contribution < -0.4 is 10.7 Å². The third kappa shape index (κ3) is 4.47. The Kier molecular flexibility index (Phi) is 4.73. The summed E-state index contributed by atoms with van der Waals surface area (Å²) in [6.45, 7) is 1.79. The molecule has 7 heteroatoms. The van der Waals surface area contributed by atoms with Gasteiger partial charge in [-0.3, -0.25) is 9.59 Å². The molecule has 108 valence electrons. The Labute approximate surface area is 125 Å². The number of rotatable bonds is 3. The average molecular weight is 306 g/mol. The van der Waals surface area contributed by atoms with E-state index >= 15 is 0 Å². The van der Waals surface area contributed by atoms with Crippen LogP contribution in [-0.2, 0) is 9.59 Å². The number of nitrogens with one attached hydrogen (secondary N) is 2. The summed E-state index contributed by atoms with van der Waals surface area (Å²) in [5.74, 6) is -0.510. The molecule has 0 aliphatic rings. The van der Waals surface area contributed by atoms with Crippen molar-refractivity contribution in [2.45, 2.75) is 6.92 Å². The Hall–Kier alpha value is -2.60. The predicted octanol–water partition coefficient (Wildman–Crippen LogP) is 2.33. The van der Waals surface area contributed by atoms with Crippen molar-refractivity contribution in [1.29, 1.82) is 0 Å². The number of nitrogens with zero attached hydrogens (tertiary/aromatic N) is 1. The molecule has 0 saturated carbocycles. The van der Waals surface area contributed by atoms with Crippen molar-refractivity contribution in [3.63, 3.8) is 0 Å². The first kappa shape index (κ1) is 14.8. The zero-order valence-corrected chi connectivity index (χ0v) is 11.8. The van der Waals surface area contributed by atoms with Gasteiger partial charge < -0.3 is 9.73 Å². The quantitative estimate of drug-likeness (QED) is 0.518.